The Balaban J connectivity index is 2.59. The average molecular weight is 266 g/mol. The summed E-state index contributed by atoms with van der Waals surface area (Å²) in [5.74, 6) is -2.48. The zero-order valence-electron chi connectivity index (χ0n) is 10.3. The van der Waals surface area contributed by atoms with E-state index < -0.39 is 23.0 Å². The van der Waals surface area contributed by atoms with Gasteiger partial charge in [-0.2, -0.15) is 0 Å². The van der Waals surface area contributed by atoms with Crippen molar-refractivity contribution < 1.29 is 13.2 Å². The van der Waals surface area contributed by atoms with Gasteiger partial charge in [-0.1, -0.05) is 19.1 Å². The van der Waals surface area contributed by atoms with Crippen molar-refractivity contribution in [1.82, 2.24) is 4.98 Å². The van der Waals surface area contributed by atoms with Gasteiger partial charge in [-0.3, -0.25) is 4.98 Å². The van der Waals surface area contributed by atoms with Crippen molar-refractivity contribution in [3.05, 3.63) is 65.2 Å². The highest BCUT2D eigenvalue weighted by Crippen LogP contribution is 2.31. The smallest absolute Gasteiger partial charge is 0.164 e. The molecule has 0 saturated carbocycles. The summed E-state index contributed by atoms with van der Waals surface area (Å²) in [6, 6.07) is 6.38. The van der Waals surface area contributed by atoms with Crippen LogP contribution in [0.5, 0.6) is 0 Å². The second-order valence-electron chi connectivity index (χ2n) is 4.29. The van der Waals surface area contributed by atoms with Crippen molar-refractivity contribution in [2.24, 2.45) is 5.73 Å². The molecule has 1 unspecified atom stereocenters. The molecule has 0 radical (unpaired) electrons. The van der Waals surface area contributed by atoms with Crippen molar-refractivity contribution in [2.75, 3.05) is 0 Å². The highest BCUT2D eigenvalue weighted by atomic mass is 19.2. The van der Waals surface area contributed by atoms with E-state index in [1.807, 2.05) is 0 Å². The molecule has 2 rings (SSSR count). The highest BCUT2D eigenvalue weighted by Gasteiger charge is 2.33. The Hall–Kier alpha value is -1.88. The van der Waals surface area contributed by atoms with Crippen molar-refractivity contribution in [3.8, 4) is 0 Å². The number of nitrogens with two attached hydrogens (primary N) is 1. The molecule has 2 nitrogen and oxygen atoms in total. The van der Waals surface area contributed by atoms with E-state index in [0.29, 0.717) is 12.1 Å². The maximum absolute atomic E-state index is 13.9. The van der Waals surface area contributed by atoms with Crippen LogP contribution in [0.3, 0.4) is 0 Å². The Morgan fingerprint density at radius 3 is 2.47 bits per heavy atom. The summed E-state index contributed by atoms with van der Waals surface area (Å²) in [5.41, 5.74) is 5.18. The van der Waals surface area contributed by atoms with Gasteiger partial charge in [0.2, 0.25) is 0 Å². The molecule has 1 aromatic heterocycles. The van der Waals surface area contributed by atoms with Crippen LogP contribution in [-0.2, 0) is 5.54 Å². The SMILES string of the molecule is CCC(N)(c1ccc(F)cn1)c1cccc(F)c1F. The minimum Gasteiger partial charge on any atom is -0.316 e. The number of halogens is 3. The first-order chi connectivity index (χ1) is 8.99. The van der Waals surface area contributed by atoms with Crippen LogP contribution in [0.15, 0.2) is 36.5 Å². The van der Waals surface area contributed by atoms with Gasteiger partial charge in [0.15, 0.2) is 11.6 Å². The zero-order chi connectivity index (χ0) is 14.0. The van der Waals surface area contributed by atoms with E-state index in [9.17, 15) is 13.2 Å². The monoisotopic (exact) mass is 266 g/mol. The molecule has 0 aliphatic carbocycles. The first kappa shape index (κ1) is 13.5. The summed E-state index contributed by atoms with van der Waals surface area (Å²) in [4.78, 5) is 3.88. The molecule has 1 heterocycles. The van der Waals surface area contributed by atoms with Crippen LogP contribution in [0.2, 0.25) is 0 Å². The van der Waals surface area contributed by atoms with Crippen LogP contribution >= 0.6 is 0 Å². The maximum Gasteiger partial charge on any atom is 0.164 e. The molecule has 1 aromatic carbocycles. The molecule has 100 valence electrons. The van der Waals surface area contributed by atoms with Crippen LogP contribution in [-0.4, -0.2) is 4.98 Å². The minimum absolute atomic E-state index is 0.00843. The molecule has 5 heteroatoms. The first-order valence-electron chi connectivity index (χ1n) is 5.84. The van der Waals surface area contributed by atoms with Crippen LogP contribution in [0.1, 0.15) is 24.6 Å². The second-order valence-corrected chi connectivity index (χ2v) is 4.29. The topological polar surface area (TPSA) is 38.9 Å². The third kappa shape index (κ3) is 2.33. The minimum atomic E-state index is -1.29. The van der Waals surface area contributed by atoms with Crippen molar-refractivity contribution >= 4 is 0 Å². The Kier molecular flexibility index (Phi) is 3.57. The van der Waals surface area contributed by atoms with E-state index in [2.05, 4.69) is 4.98 Å². The molecule has 0 aliphatic heterocycles. The molecule has 19 heavy (non-hydrogen) atoms. The number of hydrogen-bond acceptors (Lipinski definition) is 2. The molecule has 2 N–H and O–H groups in total. The van der Waals surface area contributed by atoms with Gasteiger partial charge in [-0.15, -0.1) is 0 Å². The average Bonchev–Trinajstić information content (AvgIpc) is 2.42. The normalized spacial score (nSPS) is 14.2. The molecule has 0 spiro atoms. The van der Waals surface area contributed by atoms with E-state index >= 15 is 0 Å². The summed E-state index contributed by atoms with van der Waals surface area (Å²) in [6.45, 7) is 1.73. The summed E-state index contributed by atoms with van der Waals surface area (Å²) < 4.78 is 40.1. The first-order valence-corrected chi connectivity index (χ1v) is 5.84. The van der Waals surface area contributed by atoms with Gasteiger partial charge in [0.1, 0.15) is 5.82 Å². The lowest BCUT2D eigenvalue weighted by Gasteiger charge is -2.28. The predicted molar refractivity (Wildman–Crippen MR) is 65.8 cm³/mol. The van der Waals surface area contributed by atoms with Crippen LogP contribution in [0.4, 0.5) is 13.2 Å². The summed E-state index contributed by atoms with van der Waals surface area (Å²) in [5, 5.41) is 0. The van der Waals surface area contributed by atoms with Gasteiger partial charge in [0.25, 0.3) is 0 Å². The third-order valence-electron chi connectivity index (χ3n) is 3.17. The molecule has 1 atom stereocenters. The van der Waals surface area contributed by atoms with Gasteiger partial charge in [-0.25, -0.2) is 13.2 Å². The van der Waals surface area contributed by atoms with Crippen LogP contribution in [0, 0.1) is 17.5 Å². The lowest BCUT2D eigenvalue weighted by atomic mass is 9.84. The maximum atomic E-state index is 13.9. The Morgan fingerprint density at radius 1 is 1.16 bits per heavy atom. The second kappa shape index (κ2) is 5.01. The molecule has 0 aliphatic rings. The highest BCUT2D eigenvalue weighted by molar-refractivity contribution is 5.35. The van der Waals surface area contributed by atoms with Crippen LogP contribution < -0.4 is 5.73 Å². The van der Waals surface area contributed by atoms with E-state index in [0.717, 1.165) is 12.3 Å². The number of pyridine rings is 1. The lowest BCUT2D eigenvalue weighted by Crippen LogP contribution is -2.39. The molecule has 0 amide bonds. The third-order valence-corrected chi connectivity index (χ3v) is 3.17. The zero-order valence-corrected chi connectivity index (χ0v) is 10.3. The Morgan fingerprint density at radius 2 is 1.89 bits per heavy atom. The number of nitrogens with zero attached hydrogens (tertiary/aromatic N) is 1. The Labute approximate surface area is 109 Å². The predicted octanol–water partition coefficient (Wildman–Crippen LogP) is 3.11. The molecular weight excluding hydrogens is 253 g/mol. The summed E-state index contributed by atoms with van der Waals surface area (Å²) in [7, 11) is 0. The van der Waals surface area contributed by atoms with Crippen molar-refractivity contribution in [1.29, 1.82) is 0 Å². The summed E-state index contributed by atoms with van der Waals surface area (Å²) in [6.07, 6.45) is 1.30. The fraction of sp³-hybridized carbons (Fsp3) is 0.214. The van der Waals surface area contributed by atoms with E-state index in [1.165, 1.54) is 24.3 Å². The summed E-state index contributed by atoms with van der Waals surface area (Å²) >= 11 is 0. The molecule has 0 fully saturated rings. The molecular formula is C14H13F3N2. The van der Waals surface area contributed by atoms with Gasteiger partial charge < -0.3 is 5.73 Å². The number of rotatable bonds is 3. The standard InChI is InChI=1S/C14H13F3N2/c1-2-14(18,12-7-6-9(15)8-19-12)10-4-3-5-11(16)13(10)17/h3-8H,2,18H2,1H3. The van der Waals surface area contributed by atoms with Crippen molar-refractivity contribution in [2.45, 2.75) is 18.9 Å². The van der Waals surface area contributed by atoms with Gasteiger partial charge in [0.05, 0.1) is 17.4 Å². The Bertz CT molecular complexity index is 584. The number of aromatic nitrogens is 1. The fourth-order valence-electron chi connectivity index (χ4n) is 2.00. The van der Waals surface area contributed by atoms with E-state index in [1.54, 1.807) is 6.92 Å². The molecule has 2 aromatic rings. The molecule has 0 saturated heterocycles. The van der Waals surface area contributed by atoms with Crippen molar-refractivity contribution in [3.63, 3.8) is 0 Å². The van der Waals surface area contributed by atoms with Crippen LogP contribution in [0.25, 0.3) is 0 Å². The van der Waals surface area contributed by atoms with Gasteiger partial charge in [0, 0.05) is 5.56 Å². The van der Waals surface area contributed by atoms with Gasteiger partial charge in [-0.05, 0) is 24.6 Å². The van der Waals surface area contributed by atoms with E-state index in [-0.39, 0.29) is 5.56 Å². The lowest BCUT2D eigenvalue weighted by molar-refractivity contribution is 0.436. The quantitative estimate of drug-likeness (QED) is 0.927. The number of benzene rings is 1. The van der Waals surface area contributed by atoms with E-state index in [4.69, 9.17) is 5.73 Å². The number of hydrogen-bond donors (Lipinski definition) is 1. The largest absolute Gasteiger partial charge is 0.316 e. The molecule has 0 bridgehead atoms. The fourth-order valence-corrected chi connectivity index (χ4v) is 2.00. The van der Waals surface area contributed by atoms with Gasteiger partial charge >= 0.3 is 0 Å².